The van der Waals surface area contributed by atoms with Crippen molar-refractivity contribution in [3.8, 4) is 11.4 Å². The van der Waals surface area contributed by atoms with Gasteiger partial charge in [0.2, 0.25) is 11.7 Å². The summed E-state index contributed by atoms with van der Waals surface area (Å²) in [5.74, 6) is 4.11. The molecule has 1 heterocycles. The second kappa shape index (κ2) is 6.39. The number of hydrogen-bond acceptors (Lipinski definition) is 4. The molecule has 4 nitrogen and oxygen atoms in total. The van der Waals surface area contributed by atoms with Gasteiger partial charge < -0.3 is 10.3 Å². The van der Waals surface area contributed by atoms with E-state index in [9.17, 15) is 0 Å². The van der Waals surface area contributed by atoms with E-state index in [1.165, 1.54) is 25.7 Å². The van der Waals surface area contributed by atoms with Gasteiger partial charge in [-0.15, -0.1) is 12.4 Å². The minimum Gasteiger partial charge on any atom is -0.339 e. The number of nitrogens with two attached hydrogens (primary N) is 1. The summed E-state index contributed by atoms with van der Waals surface area (Å²) in [6.45, 7) is 0.558. The van der Waals surface area contributed by atoms with E-state index in [0.29, 0.717) is 12.4 Å². The van der Waals surface area contributed by atoms with Gasteiger partial charge in [-0.2, -0.15) is 4.98 Å². The van der Waals surface area contributed by atoms with Crippen LogP contribution in [0.1, 0.15) is 37.1 Å². The Balaban J connectivity index is 0.00000144. The van der Waals surface area contributed by atoms with E-state index in [4.69, 9.17) is 10.3 Å². The van der Waals surface area contributed by atoms with Crippen molar-refractivity contribution in [2.45, 2.75) is 38.6 Å². The molecule has 0 aliphatic heterocycles. The van der Waals surface area contributed by atoms with Gasteiger partial charge in [0.15, 0.2) is 0 Å². The third-order valence-electron chi connectivity index (χ3n) is 5.24. The molecular weight excluding hydrogens is 298 g/mol. The SMILES string of the molecule is Cl.NCc1ccc(-c2noc(CC3CC4CCC3C4)n2)cc1. The van der Waals surface area contributed by atoms with Crippen LogP contribution in [0.4, 0.5) is 0 Å². The van der Waals surface area contributed by atoms with Gasteiger partial charge in [-0.05, 0) is 42.6 Å². The number of hydrogen-bond donors (Lipinski definition) is 1. The first kappa shape index (κ1) is 15.5. The lowest BCUT2D eigenvalue weighted by molar-refractivity contribution is 0.288. The summed E-state index contributed by atoms with van der Waals surface area (Å²) in [5, 5.41) is 4.13. The minimum absolute atomic E-state index is 0. The molecule has 2 fully saturated rings. The largest absolute Gasteiger partial charge is 0.339 e. The molecule has 0 spiro atoms. The van der Waals surface area contributed by atoms with E-state index in [1.54, 1.807) is 0 Å². The summed E-state index contributed by atoms with van der Waals surface area (Å²) < 4.78 is 5.46. The van der Waals surface area contributed by atoms with Crippen molar-refractivity contribution in [1.82, 2.24) is 10.1 Å². The quantitative estimate of drug-likeness (QED) is 0.935. The van der Waals surface area contributed by atoms with Gasteiger partial charge in [0.05, 0.1) is 0 Å². The molecule has 2 aromatic rings. The Bertz CT molecular complexity index is 625. The van der Waals surface area contributed by atoms with Crippen LogP contribution in [0.2, 0.25) is 0 Å². The van der Waals surface area contributed by atoms with Crippen LogP contribution in [0.5, 0.6) is 0 Å². The van der Waals surface area contributed by atoms with E-state index < -0.39 is 0 Å². The van der Waals surface area contributed by atoms with Gasteiger partial charge in [0, 0.05) is 18.5 Å². The van der Waals surface area contributed by atoms with Crippen LogP contribution >= 0.6 is 12.4 Å². The molecule has 5 heteroatoms. The molecule has 118 valence electrons. The van der Waals surface area contributed by atoms with Crippen molar-refractivity contribution in [2.24, 2.45) is 23.5 Å². The number of nitrogens with zero attached hydrogens (tertiary/aromatic N) is 2. The summed E-state index contributed by atoms with van der Waals surface area (Å²) in [4.78, 5) is 4.57. The molecule has 3 unspecified atom stereocenters. The van der Waals surface area contributed by atoms with E-state index in [-0.39, 0.29) is 12.4 Å². The summed E-state index contributed by atoms with van der Waals surface area (Å²) in [6, 6.07) is 8.05. The number of benzene rings is 1. The van der Waals surface area contributed by atoms with Crippen LogP contribution in [0.15, 0.2) is 28.8 Å². The van der Waals surface area contributed by atoms with Crippen LogP contribution in [0, 0.1) is 17.8 Å². The zero-order valence-corrected chi connectivity index (χ0v) is 13.4. The maximum Gasteiger partial charge on any atom is 0.227 e. The monoisotopic (exact) mass is 319 g/mol. The summed E-state index contributed by atoms with van der Waals surface area (Å²) in [6.07, 6.45) is 6.56. The van der Waals surface area contributed by atoms with Crippen molar-refractivity contribution in [2.75, 3.05) is 0 Å². The lowest BCUT2D eigenvalue weighted by atomic mass is 9.86. The summed E-state index contributed by atoms with van der Waals surface area (Å²) >= 11 is 0. The van der Waals surface area contributed by atoms with Gasteiger partial charge >= 0.3 is 0 Å². The van der Waals surface area contributed by atoms with E-state index in [0.717, 1.165) is 41.2 Å². The standard InChI is InChI=1S/C17H21N3O.ClH/c18-10-11-1-4-13(5-2-11)17-19-16(21-20-17)9-15-8-12-3-6-14(15)7-12;/h1-2,4-5,12,14-15H,3,6-10,18H2;1H. The van der Waals surface area contributed by atoms with Crippen molar-refractivity contribution in [3.05, 3.63) is 35.7 Å². The van der Waals surface area contributed by atoms with E-state index >= 15 is 0 Å². The molecule has 2 saturated carbocycles. The molecule has 4 rings (SSSR count). The van der Waals surface area contributed by atoms with Crippen LogP contribution in [-0.2, 0) is 13.0 Å². The first-order valence-corrected chi connectivity index (χ1v) is 7.94. The normalized spacial score (nSPS) is 26.1. The predicted molar refractivity (Wildman–Crippen MR) is 87.5 cm³/mol. The molecule has 22 heavy (non-hydrogen) atoms. The van der Waals surface area contributed by atoms with Gasteiger partial charge in [0.25, 0.3) is 0 Å². The van der Waals surface area contributed by atoms with Crippen LogP contribution in [0.3, 0.4) is 0 Å². The number of rotatable bonds is 4. The number of aromatic nitrogens is 2. The van der Waals surface area contributed by atoms with E-state index in [2.05, 4.69) is 10.1 Å². The molecule has 2 bridgehead atoms. The zero-order valence-electron chi connectivity index (χ0n) is 12.6. The Morgan fingerprint density at radius 2 is 1.95 bits per heavy atom. The predicted octanol–water partition coefficient (Wildman–Crippen LogP) is 3.60. The zero-order chi connectivity index (χ0) is 14.2. The third kappa shape index (κ3) is 2.90. The average Bonchev–Trinajstić information content (AvgIpc) is 3.24. The first-order valence-electron chi connectivity index (χ1n) is 7.94. The second-order valence-corrected chi connectivity index (χ2v) is 6.55. The Labute approximate surface area is 136 Å². The maximum atomic E-state index is 5.61. The lowest BCUT2D eigenvalue weighted by Crippen LogP contribution is -2.13. The number of fused-ring (bicyclic) bond motifs is 2. The highest BCUT2D eigenvalue weighted by Crippen LogP contribution is 2.49. The second-order valence-electron chi connectivity index (χ2n) is 6.55. The van der Waals surface area contributed by atoms with Crippen LogP contribution < -0.4 is 5.73 Å². The fourth-order valence-electron chi connectivity index (χ4n) is 4.10. The Morgan fingerprint density at radius 3 is 2.59 bits per heavy atom. The summed E-state index contributed by atoms with van der Waals surface area (Å²) in [7, 11) is 0. The fraction of sp³-hybridized carbons (Fsp3) is 0.529. The highest BCUT2D eigenvalue weighted by atomic mass is 35.5. The Morgan fingerprint density at radius 1 is 1.14 bits per heavy atom. The topological polar surface area (TPSA) is 64.9 Å². The van der Waals surface area contributed by atoms with E-state index in [1.807, 2.05) is 24.3 Å². The van der Waals surface area contributed by atoms with Crippen LogP contribution in [-0.4, -0.2) is 10.1 Å². The molecule has 1 aromatic heterocycles. The molecule has 2 aliphatic carbocycles. The fourth-order valence-corrected chi connectivity index (χ4v) is 4.10. The molecule has 0 amide bonds. The van der Waals surface area contributed by atoms with Gasteiger partial charge in [0.1, 0.15) is 0 Å². The molecule has 2 N–H and O–H groups in total. The molecular formula is C17H22ClN3O. The first-order chi connectivity index (χ1) is 10.3. The van der Waals surface area contributed by atoms with Crippen LogP contribution in [0.25, 0.3) is 11.4 Å². The lowest BCUT2D eigenvalue weighted by Gasteiger charge is -2.19. The van der Waals surface area contributed by atoms with Crippen molar-refractivity contribution in [3.63, 3.8) is 0 Å². The molecule has 2 aliphatic rings. The maximum absolute atomic E-state index is 5.61. The van der Waals surface area contributed by atoms with Crippen molar-refractivity contribution in [1.29, 1.82) is 0 Å². The van der Waals surface area contributed by atoms with Crippen molar-refractivity contribution < 1.29 is 4.52 Å². The van der Waals surface area contributed by atoms with Gasteiger partial charge in [-0.3, -0.25) is 0 Å². The third-order valence-corrected chi connectivity index (χ3v) is 5.24. The number of halogens is 1. The van der Waals surface area contributed by atoms with Gasteiger partial charge in [-0.1, -0.05) is 35.8 Å². The summed E-state index contributed by atoms with van der Waals surface area (Å²) in [5.41, 5.74) is 7.72. The Kier molecular flexibility index (Phi) is 4.50. The van der Waals surface area contributed by atoms with Crippen molar-refractivity contribution >= 4 is 12.4 Å². The molecule has 1 aromatic carbocycles. The highest BCUT2D eigenvalue weighted by Gasteiger charge is 2.40. The molecule has 0 saturated heterocycles. The smallest absolute Gasteiger partial charge is 0.227 e. The molecule has 0 radical (unpaired) electrons. The highest BCUT2D eigenvalue weighted by molar-refractivity contribution is 5.85. The van der Waals surface area contributed by atoms with Gasteiger partial charge in [-0.25, -0.2) is 0 Å². The minimum atomic E-state index is 0. The molecule has 3 atom stereocenters. The average molecular weight is 320 g/mol. The Hall–Kier alpha value is -1.39.